The molecule has 1 heterocycles. The van der Waals surface area contributed by atoms with Crippen molar-refractivity contribution < 1.29 is 19.1 Å². The second kappa shape index (κ2) is 7.06. The topological polar surface area (TPSA) is 64.6 Å². The van der Waals surface area contributed by atoms with Gasteiger partial charge in [-0.1, -0.05) is 0 Å². The smallest absolute Gasteiger partial charge is 0.220 e. The first-order valence-electron chi connectivity index (χ1n) is 9.43. The third-order valence-electron chi connectivity index (χ3n) is 5.24. The molecule has 0 aromatic heterocycles. The van der Waals surface area contributed by atoms with Crippen molar-refractivity contribution in [3.63, 3.8) is 0 Å². The summed E-state index contributed by atoms with van der Waals surface area (Å²) in [6.07, 6.45) is 6.25. The van der Waals surface area contributed by atoms with Gasteiger partial charge in [0.05, 0.1) is 13.2 Å². The van der Waals surface area contributed by atoms with Crippen LogP contribution in [0.15, 0.2) is 18.2 Å². The van der Waals surface area contributed by atoms with Crippen LogP contribution in [-0.4, -0.2) is 30.9 Å². The number of Topliss-reactive ketones (excluding diaryl/α,β-unsaturated/α-hetero) is 1. The normalized spacial score (nSPS) is 19.4. The highest BCUT2D eigenvalue weighted by Gasteiger charge is 2.42. The fraction of sp³-hybridized carbons (Fsp3) is 0.600. The van der Waals surface area contributed by atoms with E-state index in [0.717, 1.165) is 6.42 Å². The van der Waals surface area contributed by atoms with E-state index in [1.807, 2.05) is 0 Å². The third kappa shape index (κ3) is 4.14. The minimum atomic E-state index is -0.0276. The van der Waals surface area contributed by atoms with Crippen molar-refractivity contribution >= 4 is 11.7 Å². The number of carbonyl (C=O) groups is 2. The Morgan fingerprint density at radius 3 is 2.36 bits per heavy atom. The Balaban J connectivity index is 1.31. The highest BCUT2D eigenvalue weighted by molar-refractivity contribution is 5.98. The van der Waals surface area contributed by atoms with E-state index >= 15 is 0 Å². The fourth-order valence-corrected chi connectivity index (χ4v) is 3.50. The van der Waals surface area contributed by atoms with Crippen LogP contribution in [0.25, 0.3) is 0 Å². The number of hydrogen-bond acceptors (Lipinski definition) is 4. The second-order valence-corrected chi connectivity index (χ2v) is 7.40. The molecule has 1 aliphatic heterocycles. The predicted molar refractivity (Wildman–Crippen MR) is 93.0 cm³/mol. The van der Waals surface area contributed by atoms with Gasteiger partial charge in [0.25, 0.3) is 0 Å². The lowest BCUT2D eigenvalue weighted by Gasteiger charge is -2.17. The van der Waals surface area contributed by atoms with Crippen LogP contribution in [0.5, 0.6) is 11.5 Å². The molecule has 0 saturated heterocycles. The second-order valence-electron chi connectivity index (χ2n) is 7.40. The summed E-state index contributed by atoms with van der Waals surface area (Å²) in [6.45, 7) is 1.22. The lowest BCUT2D eigenvalue weighted by Crippen LogP contribution is -2.38. The SMILES string of the molecule is O=C(CCC(=O)c1ccc2c(c1)OCCCO2)NC(C1CC1)C1CC1. The molecule has 0 bridgehead atoms. The lowest BCUT2D eigenvalue weighted by atomic mass is 10.0. The first-order valence-corrected chi connectivity index (χ1v) is 9.43. The Bertz CT molecular complexity index is 652. The first kappa shape index (κ1) is 16.4. The summed E-state index contributed by atoms with van der Waals surface area (Å²) in [5, 5.41) is 3.17. The maximum atomic E-state index is 12.4. The highest BCUT2D eigenvalue weighted by Crippen LogP contribution is 2.44. The average molecular weight is 343 g/mol. The van der Waals surface area contributed by atoms with Crippen LogP contribution in [0.3, 0.4) is 0 Å². The number of ketones is 1. The molecule has 5 heteroatoms. The Labute approximate surface area is 148 Å². The van der Waals surface area contributed by atoms with Gasteiger partial charge in [-0.05, 0) is 55.7 Å². The van der Waals surface area contributed by atoms with Gasteiger partial charge in [-0.15, -0.1) is 0 Å². The van der Waals surface area contributed by atoms with Crippen LogP contribution in [0.4, 0.5) is 0 Å². The van der Waals surface area contributed by atoms with E-state index in [0.29, 0.717) is 48.2 Å². The molecule has 3 aliphatic rings. The van der Waals surface area contributed by atoms with Crippen LogP contribution in [0, 0.1) is 11.8 Å². The maximum Gasteiger partial charge on any atom is 0.220 e. The average Bonchev–Trinajstić information content (AvgIpc) is 3.51. The zero-order chi connectivity index (χ0) is 17.2. The van der Waals surface area contributed by atoms with Gasteiger partial charge >= 0.3 is 0 Å². The summed E-state index contributed by atoms with van der Waals surface area (Å²) in [6, 6.07) is 5.62. The van der Waals surface area contributed by atoms with E-state index in [-0.39, 0.29) is 24.5 Å². The predicted octanol–water partition coefficient (Wildman–Crippen LogP) is 3.12. The van der Waals surface area contributed by atoms with E-state index in [9.17, 15) is 9.59 Å². The van der Waals surface area contributed by atoms with Crippen molar-refractivity contribution in [2.75, 3.05) is 13.2 Å². The number of rotatable bonds is 7. The van der Waals surface area contributed by atoms with Crippen LogP contribution in [0.2, 0.25) is 0 Å². The molecule has 2 saturated carbocycles. The number of fused-ring (bicyclic) bond motifs is 1. The zero-order valence-corrected chi connectivity index (χ0v) is 14.5. The van der Waals surface area contributed by atoms with Gasteiger partial charge in [0.2, 0.25) is 5.91 Å². The van der Waals surface area contributed by atoms with Crippen molar-refractivity contribution in [2.45, 2.75) is 51.0 Å². The number of carbonyl (C=O) groups excluding carboxylic acids is 2. The number of ether oxygens (including phenoxy) is 2. The minimum absolute atomic E-state index is 0.00601. The van der Waals surface area contributed by atoms with Gasteiger partial charge in [0, 0.05) is 30.9 Å². The molecule has 1 N–H and O–H groups in total. The van der Waals surface area contributed by atoms with Crippen molar-refractivity contribution in [1.82, 2.24) is 5.32 Å². The van der Waals surface area contributed by atoms with Crippen LogP contribution >= 0.6 is 0 Å². The Hall–Kier alpha value is -2.04. The van der Waals surface area contributed by atoms with Gasteiger partial charge in [-0.3, -0.25) is 9.59 Å². The molecular formula is C20H25NO4. The molecule has 1 amide bonds. The molecule has 4 rings (SSSR count). The van der Waals surface area contributed by atoms with E-state index < -0.39 is 0 Å². The van der Waals surface area contributed by atoms with E-state index in [1.165, 1.54) is 25.7 Å². The zero-order valence-electron chi connectivity index (χ0n) is 14.5. The molecule has 0 unspecified atom stereocenters. The Kier molecular flexibility index (Phi) is 4.64. The van der Waals surface area contributed by atoms with E-state index in [4.69, 9.17) is 9.47 Å². The van der Waals surface area contributed by atoms with Crippen molar-refractivity contribution in [3.05, 3.63) is 23.8 Å². The number of amides is 1. The molecule has 0 spiro atoms. The molecule has 2 fully saturated rings. The van der Waals surface area contributed by atoms with E-state index in [1.54, 1.807) is 18.2 Å². The lowest BCUT2D eigenvalue weighted by molar-refractivity contribution is -0.122. The van der Waals surface area contributed by atoms with Crippen molar-refractivity contribution in [1.29, 1.82) is 0 Å². The number of nitrogens with one attached hydrogen (secondary N) is 1. The largest absolute Gasteiger partial charge is 0.490 e. The van der Waals surface area contributed by atoms with Crippen LogP contribution < -0.4 is 14.8 Å². The molecule has 134 valence electrons. The monoisotopic (exact) mass is 343 g/mol. The Morgan fingerprint density at radius 2 is 1.68 bits per heavy atom. The molecule has 0 radical (unpaired) electrons. The summed E-state index contributed by atoms with van der Waals surface area (Å²) < 4.78 is 11.2. The summed E-state index contributed by atoms with van der Waals surface area (Å²) in [5.74, 6) is 2.63. The quantitative estimate of drug-likeness (QED) is 0.773. The summed E-state index contributed by atoms with van der Waals surface area (Å²) >= 11 is 0. The summed E-state index contributed by atoms with van der Waals surface area (Å²) in [7, 11) is 0. The number of hydrogen-bond donors (Lipinski definition) is 1. The van der Waals surface area contributed by atoms with Crippen LogP contribution in [0.1, 0.15) is 55.3 Å². The molecule has 2 aliphatic carbocycles. The Morgan fingerprint density at radius 1 is 1.00 bits per heavy atom. The third-order valence-corrected chi connectivity index (χ3v) is 5.24. The van der Waals surface area contributed by atoms with Gasteiger partial charge in [0.1, 0.15) is 0 Å². The molecular weight excluding hydrogens is 318 g/mol. The summed E-state index contributed by atoms with van der Waals surface area (Å²) in [4.78, 5) is 24.6. The molecule has 0 atom stereocenters. The highest BCUT2D eigenvalue weighted by atomic mass is 16.5. The van der Waals surface area contributed by atoms with Crippen molar-refractivity contribution in [3.8, 4) is 11.5 Å². The molecule has 25 heavy (non-hydrogen) atoms. The molecule has 1 aromatic carbocycles. The minimum Gasteiger partial charge on any atom is -0.490 e. The molecule has 5 nitrogen and oxygen atoms in total. The van der Waals surface area contributed by atoms with Gasteiger partial charge in [-0.2, -0.15) is 0 Å². The fourth-order valence-electron chi connectivity index (χ4n) is 3.50. The van der Waals surface area contributed by atoms with Gasteiger partial charge in [0.15, 0.2) is 17.3 Å². The number of benzene rings is 1. The summed E-state index contributed by atoms with van der Waals surface area (Å²) in [5.41, 5.74) is 0.581. The van der Waals surface area contributed by atoms with Crippen molar-refractivity contribution in [2.24, 2.45) is 11.8 Å². The van der Waals surface area contributed by atoms with Gasteiger partial charge < -0.3 is 14.8 Å². The van der Waals surface area contributed by atoms with Crippen LogP contribution in [-0.2, 0) is 4.79 Å². The van der Waals surface area contributed by atoms with E-state index in [2.05, 4.69) is 5.32 Å². The standard InChI is InChI=1S/C20H25NO4/c22-16(15-6-8-17-18(12-15)25-11-1-10-24-17)7-9-19(23)21-20(13-2-3-13)14-4-5-14/h6,8,12-14,20H,1-5,7,9-11H2,(H,21,23). The maximum absolute atomic E-state index is 12.4. The van der Waals surface area contributed by atoms with Gasteiger partial charge in [-0.25, -0.2) is 0 Å². The first-order chi connectivity index (χ1) is 12.2. The molecule has 1 aromatic rings.